The van der Waals surface area contributed by atoms with E-state index in [1.165, 1.54) is 20.6 Å². The van der Waals surface area contributed by atoms with E-state index in [1.807, 2.05) is 19.1 Å². The van der Waals surface area contributed by atoms with Crippen molar-refractivity contribution >= 4 is 17.2 Å². The fourth-order valence-corrected chi connectivity index (χ4v) is 3.05. The van der Waals surface area contributed by atoms with Gasteiger partial charge in [0.25, 0.3) is 5.91 Å². The Hall–Kier alpha value is -2.74. The maximum atomic E-state index is 12.2. The predicted molar refractivity (Wildman–Crippen MR) is 92.1 cm³/mol. The van der Waals surface area contributed by atoms with Crippen LogP contribution in [0.15, 0.2) is 41.3 Å². The van der Waals surface area contributed by atoms with Crippen LogP contribution in [-0.4, -0.2) is 31.8 Å². The lowest BCUT2D eigenvalue weighted by Gasteiger charge is -2.02. The molecule has 0 fully saturated rings. The minimum atomic E-state index is -0.239. The Bertz CT molecular complexity index is 910. The molecule has 8 heteroatoms. The summed E-state index contributed by atoms with van der Waals surface area (Å²) in [6.07, 6.45) is 1.65. The largest absolute Gasteiger partial charge is 0.349 e. The van der Waals surface area contributed by atoms with Crippen molar-refractivity contribution in [3.63, 3.8) is 0 Å². The van der Waals surface area contributed by atoms with Crippen LogP contribution in [-0.2, 0) is 13.6 Å². The van der Waals surface area contributed by atoms with Crippen LogP contribution >= 0.6 is 11.3 Å². The molecule has 0 saturated heterocycles. The molecule has 3 aromatic rings. The van der Waals surface area contributed by atoms with Crippen molar-refractivity contribution in [2.75, 3.05) is 6.54 Å². The number of nitrogens with one attached hydrogen (secondary N) is 1. The molecule has 0 atom stereocenters. The zero-order valence-corrected chi connectivity index (χ0v) is 14.2. The van der Waals surface area contributed by atoms with Gasteiger partial charge < -0.3 is 5.32 Å². The quantitative estimate of drug-likeness (QED) is 0.760. The number of carbonyl (C=O) groups is 1. The van der Waals surface area contributed by atoms with Gasteiger partial charge in [-0.25, -0.2) is 9.48 Å². The highest BCUT2D eigenvalue weighted by atomic mass is 32.1. The lowest BCUT2D eigenvalue weighted by atomic mass is 10.3. The zero-order valence-electron chi connectivity index (χ0n) is 13.4. The Kier molecular flexibility index (Phi) is 4.57. The van der Waals surface area contributed by atoms with Gasteiger partial charge in [-0.2, -0.15) is 0 Å². The molecule has 0 unspecified atom stereocenters. The van der Waals surface area contributed by atoms with Crippen LogP contribution in [0.1, 0.15) is 14.5 Å². The van der Waals surface area contributed by atoms with Crippen LogP contribution in [0.4, 0.5) is 0 Å². The summed E-state index contributed by atoms with van der Waals surface area (Å²) >= 11 is 1.44. The lowest BCUT2D eigenvalue weighted by molar-refractivity contribution is 0.0956. The van der Waals surface area contributed by atoms with E-state index in [-0.39, 0.29) is 11.6 Å². The minimum absolute atomic E-state index is 0.137. The molecule has 3 rings (SSSR count). The van der Waals surface area contributed by atoms with Crippen molar-refractivity contribution in [3.8, 4) is 11.5 Å². The maximum Gasteiger partial charge on any atom is 0.346 e. The number of nitrogens with zero attached hydrogens (tertiary/aromatic N) is 4. The SMILES string of the molecule is Cc1ccc(C(=O)NCCn2nc(-c3ccccn3)n(C)c2=O)s1. The van der Waals surface area contributed by atoms with E-state index in [1.54, 1.807) is 31.4 Å². The first-order valence-corrected chi connectivity index (χ1v) is 8.28. The van der Waals surface area contributed by atoms with Crippen LogP contribution in [0, 0.1) is 6.92 Å². The van der Waals surface area contributed by atoms with Crippen LogP contribution in [0.3, 0.4) is 0 Å². The number of carbonyl (C=O) groups excluding carboxylic acids is 1. The average molecular weight is 343 g/mol. The molecule has 1 N–H and O–H groups in total. The summed E-state index contributed by atoms with van der Waals surface area (Å²) in [5.74, 6) is 0.364. The molecule has 0 aromatic carbocycles. The number of hydrogen-bond acceptors (Lipinski definition) is 5. The molecule has 24 heavy (non-hydrogen) atoms. The van der Waals surface area contributed by atoms with Gasteiger partial charge in [0.15, 0.2) is 5.82 Å². The maximum absolute atomic E-state index is 12.2. The highest BCUT2D eigenvalue weighted by molar-refractivity contribution is 7.13. The summed E-state index contributed by atoms with van der Waals surface area (Å²) in [5, 5.41) is 7.11. The fourth-order valence-electron chi connectivity index (χ4n) is 2.27. The van der Waals surface area contributed by atoms with Gasteiger partial charge in [-0.1, -0.05) is 6.07 Å². The van der Waals surface area contributed by atoms with Crippen molar-refractivity contribution in [1.82, 2.24) is 24.6 Å². The number of aryl methyl sites for hydroxylation is 1. The molecule has 0 aliphatic heterocycles. The monoisotopic (exact) mass is 343 g/mol. The summed E-state index contributed by atoms with van der Waals surface area (Å²) in [7, 11) is 1.66. The highest BCUT2D eigenvalue weighted by Crippen LogP contribution is 2.14. The molecule has 0 radical (unpaired) electrons. The van der Waals surface area contributed by atoms with Gasteiger partial charge in [-0.3, -0.25) is 14.3 Å². The number of pyridine rings is 1. The van der Waals surface area contributed by atoms with Crippen molar-refractivity contribution < 1.29 is 4.79 Å². The van der Waals surface area contributed by atoms with E-state index in [9.17, 15) is 9.59 Å². The van der Waals surface area contributed by atoms with Crippen molar-refractivity contribution in [3.05, 3.63) is 56.8 Å². The third kappa shape index (κ3) is 3.28. The van der Waals surface area contributed by atoms with Crippen molar-refractivity contribution in [1.29, 1.82) is 0 Å². The minimum Gasteiger partial charge on any atom is -0.349 e. The molecule has 0 aliphatic rings. The molecule has 0 aliphatic carbocycles. The summed E-state index contributed by atoms with van der Waals surface area (Å²) in [4.78, 5) is 30.2. The summed E-state index contributed by atoms with van der Waals surface area (Å²) in [6, 6.07) is 9.14. The normalized spacial score (nSPS) is 10.8. The number of thiophene rings is 1. The summed E-state index contributed by atoms with van der Waals surface area (Å²) in [5.41, 5.74) is 0.394. The zero-order chi connectivity index (χ0) is 17.1. The van der Waals surface area contributed by atoms with E-state index in [4.69, 9.17) is 0 Å². The second-order valence-corrected chi connectivity index (χ2v) is 6.56. The third-order valence-corrected chi connectivity index (χ3v) is 4.51. The summed E-state index contributed by atoms with van der Waals surface area (Å²) < 4.78 is 2.79. The van der Waals surface area contributed by atoms with Gasteiger partial charge in [-0.05, 0) is 31.2 Å². The number of rotatable bonds is 5. The van der Waals surface area contributed by atoms with Crippen LogP contribution in [0.5, 0.6) is 0 Å². The third-order valence-electron chi connectivity index (χ3n) is 3.51. The molecule has 0 bridgehead atoms. The standard InChI is InChI=1S/C16H17N5O2S/c1-11-6-7-13(24-11)15(22)18-9-10-21-16(23)20(2)14(19-21)12-5-3-4-8-17-12/h3-8H,9-10H2,1-2H3,(H,18,22). The molecule has 124 valence electrons. The summed E-state index contributed by atoms with van der Waals surface area (Å²) in [6.45, 7) is 2.58. The molecular weight excluding hydrogens is 326 g/mol. The Morgan fingerprint density at radius 3 is 2.79 bits per heavy atom. The Morgan fingerprint density at radius 2 is 2.12 bits per heavy atom. The fraction of sp³-hybridized carbons (Fsp3) is 0.250. The van der Waals surface area contributed by atoms with Crippen molar-refractivity contribution in [2.24, 2.45) is 7.05 Å². The van der Waals surface area contributed by atoms with E-state index in [0.717, 1.165) is 4.88 Å². The van der Waals surface area contributed by atoms with E-state index in [2.05, 4.69) is 15.4 Å². The van der Waals surface area contributed by atoms with Gasteiger partial charge in [0.2, 0.25) is 0 Å². The molecule has 3 aromatic heterocycles. The Balaban J connectivity index is 1.68. The molecule has 0 saturated carbocycles. The molecule has 3 heterocycles. The van der Waals surface area contributed by atoms with E-state index >= 15 is 0 Å². The van der Waals surface area contributed by atoms with E-state index in [0.29, 0.717) is 29.5 Å². The second kappa shape index (κ2) is 6.79. The second-order valence-electron chi connectivity index (χ2n) is 5.27. The molecule has 7 nitrogen and oxygen atoms in total. The van der Waals surface area contributed by atoms with Gasteiger partial charge in [-0.15, -0.1) is 16.4 Å². The van der Waals surface area contributed by atoms with Crippen molar-refractivity contribution in [2.45, 2.75) is 13.5 Å². The average Bonchev–Trinajstić information content (AvgIpc) is 3.14. The highest BCUT2D eigenvalue weighted by Gasteiger charge is 2.13. The van der Waals surface area contributed by atoms with E-state index < -0.39 is 0 Å². The van der Waals surface area contributed by atoms with Gasteiger partial charge in [0.1, 0.15) is 5.69 Å². The smallest absolute Gasteiger partial charge is 0.346 e. The first-order valence-electron chi connectivity index (χ1n) is 7.46. The Morgan fingerprint density at radius 1 is 1.29 bits per heavy atom. The molecule has 1 amide bonds. The van der Waals surface area contributed by atoms with Gasteiger partial charge in [0, 0.05) is 24.7 Å². The number of amides is 1. The topological polar surface area (TPSA) is 81.8 Å². The molecule has 0 spiro atoms. The first kappa shape index (κ1) is 16.1. The predicted octanol–water partition coefficient (Wildman–Crippen LogP) is 1.44. The van der Waals surface area contributed by atoms with Gasteiger partial charge >= 0.3 is 5.69 Å². The van der Waals surface area contributed by atoms with Gasteiger partial charge in [0.05, 0.1) is 11.4 Å². The number of aromatic nitrogens is 4. The van der Waals surface area contributed by atoms with Crippen LogP contribution in [0.2, 0.25) is 0 Å². The Labute approximate surface area is 142 Å². The molecular formula is C16H17N5O2S. The van der Waals surface area contributed by atoms with Crippen LogP contribution < -0.4 is 11.0 Å². The lowest BCUT2D eigenvalue weighted by Crippen LogP contribution is -2.31. The van der Waals surface area contributed by atoms with Crippen LogP contribution in [0.25, 0.3) is 11.5 Å². The number of hydrogen-bond donors (Lipinski definition) is 1. The first-order chi connectivity index (χ1) is 11.6.